The van der Waals surface area contributed by atoms with Crippen molar-refractivity contribution in [2.75, 3.05) is 0 Å². The number of rotatable bonds is 2. The van der Waals surface area contributed by atoms with E-state index in [1.807, 2.05) is 6.07 Å². The maximum absolute atomic E-state index is 13.9. The van der Waals surface area contributed by atoms with Crippen LogP contribution in [-0.2, 0) is 6.42 Å². The van der Waals surface area contributed by atoms with Crippen LogP contribution in [0.25, 0.3) is 0 Å². The first-order valence-electron chi connectivity index (χ1n) is 6.75. The number of aliphatic hydroxyl groups is 1. The third-order valence-corrected chi connectivity index (χ3v) is 4.29. The molecule has 1 aromatic carbocycles. The molecule has 2 atom stereocenters. The number of halogens is 1. The Balaban J connectivity index is 1.79. The summed E-state index contributed by atoms with van der Waals surface area (Å²) in [7, 11) is 0. The van der Waals surface area contributed by atoms with E-state index in [4.69, 9.17) is 5.26 Å². The standard InChI is InChI=1S/C15H17FN2O/c16-14-5-10(9-17)1-2-11(14)6-15(19)7-12-3-4-13(8-15)18-12/h1-2,5,12-13,18-19H,3-4,6-8H2. The Morgan fingerprint density at radius 2 is 2.05 bits per heavy atom. The Kier molecular flexibility index (Phi) is 3.04. The summed E-state index contributed by atoms with van der Waals surface area (Å²) in [5, 5.41) is 22.9. The van der Waals surface area contributed by atoms with Gasteiger partial charge in [-0.2, -0.15) is 5.26 Å². The SMILES string of the molecule is N#Cc1ccc(CC2(O)CC3CCC(C2)N3)c(F)c1. The van der Waals surface area contributed by atoms with Crippen LogP contribution in [-0.4, -0.2) is 22.8 Å². The zero-order chi connectivity index (χ0) is 13.5. The predicted octanol–water partition coefficient (Wildman–Crippen LogP) is 1.89. The molecule has 19 heavy (non-hydrogen) atoms. The Morgan fingerprint density at radius 1 is 1.37 bits per heavy atom. The first-order valence-corrected chi connectivity index (χ1v) is 6.75. The van der Waals surface area contributed by atoms with Gasteiger partial charge < -0.3 is 10.4 Å². The molecule has 0 radical (unpaired) electrons. The third-order valence-electron chi connectivity index (χ3n) is 4.29. The number of nitriles is 1. The lowest BCUT2D eigenvalue weighted by molar-refractivity contribution is -0.00673. The van der Waals surface area contributed by atoms with Crippen LogP contribution in [0.3, 0.4) is 0 Å². The van der Waals surface area contributed by atoms with E-state index in [0.29, 0.717) is 42.5 Å². The van der Waals surface area contributed by atoms with E-state index in [-0.39, 0.29) is 0 Å². The first-order chi connectivity index (χ1) is 9.08. The summed E-state index contributed by atoms with van der Waals surface area (Å²) in [6, 6.07) is 7.13. The molecular formula is C15H17FN2O. The maximum Gasteiger partial charge on any atom is 0.127 e. The molecule has 100 valence electrons. The molecule has 4 heteroatoms. The average Bonchev–Trinajstić information content (AvgIpc) is 2.72. The number of nitrogens with zero attached hydrogens (tertiary/aromatic N) is 1. The molecular weight excluding hydrogens is 243 g/mol. The van der Waals surface area contributed by atoms with E-state index in [1.54, 1.807) is 12.1 Å². The molecule has 0 aromatic heterocycles. The van der Waals surface area contributed by atoms with Crippen molar-refractivity contribution in [2.24, 2.45) is 0 Å². The zero-order valence-corrected chi connectivity index (χ0v) is 10.7. The minimum atomic E-state index is -0.813. The molecule has 3 rings (SSSR count). The number of hydrogen-bond donors (Lipinski definition) is 2. The second kappa shape index (κ2) is 4.59. The minimum absolute atomic E-state index is 0.318. The fourth-order valence-electron chi connectivity index (χ4n) is 3.48. The van der Waals surface area contributed by atoms with Gasteiger partial charge in [0.1, 0.15) is 5.82 Å². The monoisotopic (exact) mass is 260 g/mol. The fraction of sp³-hybridized carbons (Fsp3) is 0.533. The number of piperidine rings is 1. The summed E-state index contributed by atoms with van der Waals surface area (Å²) in [6.45, 7) is 0. The summed E-state index contributed by atoms with van der Waals surface area (Å²) in [6.07, 6.45) is 3.90. The van der Waals surface area contributed by atoms with Crippen molar-refractivity contribution < 1.29 is 9.50 Å². The van der Waals surface area contributed by atoms with Crippen LogP contribution < -0.4 is 5.32 Å². The largest absolute Gasteiger partial charge is 0.389 e. The molecule has 2 bridgehead atoms. The molecule has 2 fully saturated rings. The van der Waals surface area contributed by atoms with Gasteiger partial charge in [-0.15, -0.1) is 0 Å². The molecule has 2 unspecified atom stereocenters. The highest BCUT2D eigenvalue weighted by Crippen LogP contribution is 2.36. The minimum Gasteiger partial charge on any atom is -0.389 e. The van der Waals surface area contributed by atoms with Gasteiger partial charge >= 0.3 is 0 Å². The summed E-state index contributed by atoms with van der Waals surface area (Å²) in [4.78, 5) is 0. The Bertz CT molecular complexity index is 525. The molecule has 0 spiro atoms. The van der Waals surface area contributed by atoms with Crippen molar-refractivity contribution in [3.8, 4) is 6.07 Å². The summed E-state index contributed by atoms with van der Waals surface area (Å²) in [5.41, 5.74) is 0.00735. The summed E-state index contributed by atoms with van der Waals surface area (Å²) in [5.74, 6) is -0.390. The Hall–Kier alpha value is -1.44. The van der Waals surface area contributed by atoms with Gasteiger partial charge in [0.25, 0.3) is 0 Å². The van der Waals surface area contributed by atoms with E-state index in [0.717, 1.165) is 12.8 Å². The second-order valence-corrected chi connectivity index (χ2v) is 5.87. The van der Waals surface area contributed by atoms with E-state index in [9.17, 15) is 9.50 Å². The van der Waals surface area contributed by atoms with E-state index >= 15 is 0 Å². The zero-order valence-electron chi connectivity index (χ0n) is 10.7. The summed E-state index contributed by atoms with van der Waals surface area (Å²) >= 11 is 0. The van der Waals surface area contributed by atoms with Crippen LogP contribution in [0.5, 0.6) is 0 Å². The van der Waals surface area contributed by atoms with Crippen LogP contribution in [0.1, 0.15) is 36.8 Å². The highest BCUT2D eigenvalue weighted by atomic mass is 19.1. The molecule has 0 aliphatic carbocycles. The Morgan fingerprint density at radius 3 is 2.63 bits per heavy atom. The highest BCUT2D eigenvalue weighted by molar-refractivity contribution is 5.33. The lowest BCUT2D eigenvalue weighted by atomic mass is 9.82. The van der Waals surface area contributed by atoms with Crippen LogP contribution in [0.2, 0.25) is 0 Å². The molecule has 3 nitrogen and oxygen atoms in total. The maximum atomic E-state index is 13.9. The molecule has 0 amide bonds. The molecule has 2 aliphatic rings. The lowest BCUT2D eigenvalue weighted by Gasteiger charge is -2.37. The lowest BCUT2D eigenvalue weighted by Crippen LogP contribution is -2.49. The number of nitrogens with one attached hydrogen (secondary N) is 1. The Labute approximate surface area is 112 Å². The number of benzene rings is 1. The van der Waals surface area contributed by atoms with Crippen molar-refractivity contribution in [1.29, 1.82) is 5.26 Å². The van der Waals surface area contributed by atoms with Gasteiger partial charge in [-0.1, -0.05) is 6.07 Å². The molecule has 2 saturated heterocycles. The smallest absolute Gasteiger partial charge is 0.127 e. The van der Waals surface area contributed by atoms with Crippen LogP contribution in [0.15, 0.2) is 18.2 Å². The normalized spacial score (nSPS) is 33.1. The fourth-order valence-corrected chi connectivity index (χ4v) is 3.48. The topological polar surface area (TPSA) is 56.0 Å². The van der Waals surface area contributed by atoms with Gasteiger partial charge in [0.05, 0.1) is 17.2 Å². The van der Waals surface area contributed by atoms with Gasteiger partial charge in [-0.05, 0) is 43.4 Å². The quantitative estimate of drug-likeness (QED) is 0.853. The molecule has 1 aromatic rings. The van der Waals surface area contributed by atoms with Gasteiger partial charge in [-0.25, -0.2) is 4.39 Å². The molecule has 0 saturated carbocycles. The van der Waals surface area contributed by atoms with Crippen LogP contribution in [0.4, 0.5) is 4.39 Å². The summed E-state index contributed by atoms with van der Waals surface area (Å²) < 4.78 is 13.9. The number of hydrogen-bond acceptors (Lipinski definition) is 3. The highest BCUT2D eigenvalue weighted by Gasteiger charge is 2.42. The van der Waals surface area contributed by atoms with Crippen molar-refractivity contribution in [2.45, 2.75) is 49.8 Å². The van der Waals surface area contributed by atoms with Crippen molar-refractivity contribution in [1.82, 2.24) is 5.32 Å². The third kappa shape index (κ3) is 2.49. The van der Waals surface area contributed by atoms with Gasteiger partial charge in [0, 0.05) is 18.5 Å². The van der Waals surface area contributed by atoms with E-state index in [2.05, 4.69) is 5.32 Å². The van der Waals surface area contributed by atoms with Crippen LogP contribution >= 0.6 is 0 Å². The molecule has 2 aliphatic heterocycles. The van der Waals surface area contributed by atoms with Gasteiger partial charge in [0.15, 0.2) is 0 Å². The van der Waals surface area contributed by atoms with Crippen molar-refractivity contribution >= 4 is 0 Å². The molecule has 2 N–H and O–H groups in total. The predicted molar refractivity (Wildman–Crippen MR) is 68.9 cm³/mol. The molecule has 2 heterocycles. The number of fused-ring (bicyclic) bond motifs is 2. The van der Waals surface area contributed by atoms with Crippen molar-refractivity contribution in [3.63, 3.8) is 0 Å². The van der Waals surface area contributed by atoms with Gasteiger partial charge in [-0.3, -0.25) is 0 Å². The van der Waals surface area contributed by atoms with Crippen LogP contribution in [0, 0.1) is 17.1 Å². The first kappa shape index (κ1) is 12.6. The van der Waals surface area contributed by atoms with Gasteiger partial charge in [0.2, 0.25) is 0 Å². The average molecular weight is 260 g/mol. The van der Waals surface area contributed by atoms with E-state index < -0.39 is 11.4 Å². The second-order valence-electron chi connectivity index (χ2n) is 5.87. The van der Waals surface area contributed by atoms with E-state index in [1.165, 1.54) is 6.07 Å². The van der Waals surface area contributed by atoms with Crippen molar-refractivity contribution in [3.05, 3.63) is 35.1 Å².